The maximum absolute atomic E-state index is 12.6. The summed E-state index contributed by atoms with van der Waals surface area (Å²) in [5, 5.41) is 7.88. The van der Waals surface area contributed by atoms with Gasteiger partial charge in [-0.15, -0.1) is 0 Å². The lowest BCUT2D eigenvalue weighted by Crippen LogP contribution is -2.41. The zero-order valence-electron chi connectivity index (χ0n) is 17.2. The molecule has 0 aliphatic rings. The SMILES string of the molecule is Cc1ccc(-c2n[nH]c(=S)n2CCC(=O)NNC(=O)c2cn(C)c3ccccc23)cc1. The summed E-state index contributed by atoms with van der Waals surface area (Å²) in [7, 11) is 1.87. The van der Waals surface area contributed by atoms with Crippen LogP contribution in [0.1, 0.15) is 22.3 Å². The Morgan fingerprint density at radius 2 is 1.84 bits per heavy atom. The molecule has 9 heteroatoms. The Morgan fingerprint density at radius 3 is 2.61 bits per heavy atom. The van der Waals surface area contributed by atoms with Gasteiger partial charge >= 0.3 is 0 Å². The van der Waals surface area contributed by atoms with Crippen LogP contribution >= 0.6 is 12.2 Å². The topological polar surface area (TPSA) is 96.7 Å². The summed E-state index contributed by atoms with van der Waals surface area (Å²) < 4.78 is 4.08. The molecular formula is C22H22N6O2S. The van der Waals surface area contributed by atoms with Gasteiger partial charge in [0.05, 0.1) is 5.56 Å². The second kappa shape index (κ2) is 8.57. The summed E-state index contributed by atoms with van der Waals surface area (Å²) >= 11 is 5.31. The van der Waals surface area contributed by atoms with Crippen LogP contribution in [-0.2, 0) is 18.4 Å². The number of aromatic nitrogens is 4. The molecule has 0 bridgehead atoms. The summed E-state index contributed by atoms with van der Waals surface area (Å²) in [5.74, 6) is -0.0328. The lowest BCUT2D eigenvalue weighted by molar-refractivity contribution is -0.122. The van der Waals surface area contributed by atoms with Crippen molar-refractivity contribution in [1.29, 1.82) is 0 Å². The van der Waals surface area contributed by atoms with Crippen LogP contribution in [0.3, 0.4) is 0 Å². The first-order valence-corrected chi connectivity index (χ1v) is 10.2. The summed E-state index contributed by atoms with van der Waals surface area (Å²) in [5.41, 5.74) is 8.46. The van der Waals surface area contributed by atoms with Crippen molar-refractivity contribution in [3.8, 4) is 11.4 Å². The molecule has 0 fully saturated rings. The van der Waals surface area contributed by atoms with Crippen molar-refractivity contribution in [2.75, 3.05) is 0 Å². The number of aryl methyl sites for hydroxylation is 2. The molecule has 0 aliphatic carbocycles. The van der Waals surface area contributed by atoms with Crippen LogP contribution in [0.15, 0.2) is 54.7 Å². The molecule has 3 N–H and O–H groups in total. The Kier molecular flexibility index (Phi) is 5.68. The molecule has 8 nitrogen and oxygen atoms in total. The average molecular weight is 435 g/mol. The third kappa shape index (κ3) is 4.26. The molecule has 4 aromatic rings. The van der Waals surface area contributed by atoms with E-state index < -0.39 is 0 Å². The number of para-hydroxylation sites is 1. The van der Waals surface area contributed by atoms with Crippen molar-refractivity contribution < 1.29 is 9.59 Å². The Labute approximate surface area is 183 Å². The zero-order chi connectivity index (χ0) is 22.0. The first-order chi connectivity index (χ1) is 14.9. The summed E-state index contributed by atoms with van der Waals surface area (Å²) in [4.78, 5) is 24.9. The number of benzene rings is 2. The van der Waals surface area contributed by atoms with Crippen LogP contribution in [0.5, 0.6) is 0 Å². The first-order valence-electron chi connectivity index (χ1n) is 9.79. The molecule has 0 unspecified atom stereocenters. The van der Waals surface area contributed by atoms with Gasteiger partial charge in [-0.1, -0.05) is 48.0 Å². The van der Waals surface area contributed by atoms with Gasteiger partial charge in [-0.25, -0.2) is 0 Å². The molecule has 0 saturated carbocycles. The molecule has 4 rings (SSSR count). The van der Waals surface area contributed by atoms with Crippen LogP contribution in [0.25, 0.3) is 22.3 Å². The second-order valence-electron chi connectivity index (χ2n) is 7.29. The fraction of sp³-hybridized carbons (Fsp3) is 0.182. The molecule has 2 amide bonds. The van der Waals surface area contributed by atoms with E-state index in [1.165, 1.54) is 0 Å². The number of nitrogens with zero attached hydrogens (tertiary/aromatic N) is 3. The van der Waals surface area contributed by atoms with Gasteiger partial charge in [-0.2, -0.15) is 5.10 Å². The van der Waals surface area contributed by atoms with E-state index in [0.29, 0.717) is 22.7 Å². The smallest absolute Gasteiger partial charge is 0.271 e. The van der Waals surface area contributed by atoms with Crippen molar-refractivity contribution in [1.82, 2.24) is 30.2 Å². The predicted molar refractivity (Wildman–Crippen MR) is 121 cm³/mol. The number of hydrogen-bond donors (Lipinski definition) is 3. The van der Waals surface area contributed by atoms with Crippen molar-refractivity contribution in [2.24, 2.45) is 7.05 Å². The van der Waals surface area contributed by atoms with Crippen molar-refractivity contribution in [3.63, 3.8) is 0 Å². The summed E-state index contributed by atoms with van der Waals surface area (Å²) in [6.45, 7) is 2.34. The molecule has 158 valence electrons. The maximum Gasteiger partial charge on any atom is 0.271 e. The van der Waals surface area contributed by atoms with Crippen LogP contribution < -0.4 is 10.9 Å². The minimum atomic E-state index is -0.370. The standard InChI is InChI=1S/C22H22N6O2S/c1-14-7-9-15(10-8-14)20-24-26-22(31)28(20)12-11-19(29)23-25-21(30)17-13-27(2)18-6-4-3-5-16(17)18/h3-10,13H,11-12H2,1-2H3,(H,23,29)(H,25,30)(H,26,31). The van der Waals surface area contributed by atoms with Gasteiger partial charge < -0.3 is 4.57 Å². The van der Waals surface area contributed by atoms with E-state index in [4.69, 9.17) is 12.2 Å². The quantitative estimate of drug-likeness (QED) is 0.332. The van der Waals surface area contributed by atoms with Crippen LogP contribution in [0.4, 0.5) is 0 Å². The molecule has 0 aliphatic heterocycles. The van der Waals surface area contributed by atoms with Crippen molar-refractivity contribution >= 4 is 34.9 Å². The third-order valence-corrected chi connectivity index (χ3v) is 5.40. The Hall–Kier alpha value is -3.72. The monoisotopic (exact) mass is 434 g/mol. The van der Waals surface area contributed by atoms with Crippen molar-refractivity contribution in [3.05, 3.63) is 70.6 Å². The Bertz CT molecular complexity index is 1320. The zero-order valence-corrected chi connectivity index (χ0v) is 18.0. The van der Waals surface area contributed by atoms with Gasteiger partial charge in [0.25, 0.3) is 5.91 Å². The number of hydrazine groups is 1. The van der Waals surface area contributed by atoms with Crippen LogP contribution in [-0.4, -0.2) is 31.1 Å². The number of rotatable bonds is 5. The van der Waals surface area contributed by atoms with E-state index in [2.05, 4.69) is 21.0 Å². The van der Waals surface area contributed by atoms with Crippen LogP contribution in [0.2, 0.25) is 0 Å². The normalized spacial score (nSPS) is 10.9. The fourth-order valence-corrected chi connectivity index (χ4v) is 3.66. The average Bonchev–Trinajstić information content (AvgIpc) is 3.31. The number of nitrogens with one attached hydrogen (secondary N) is 3. The molecule has 0 spiro atoms. The number of hydrogen-bond acceptors (Lipinski definition) is 4. The van der Waals surface area contributed by atoms with E-state index >= 15 is 0 Å². The van der Waals surface area contributed by atoms with E-state index in [-0.39, 0.29) is 18.2 Å². The lowest BCUT2D eigenvalue weighted by Gasteiger charge is -2.09. The van der Waals surface area contributed by atoms with E-state index in [9.17, 15) is 9.59 Å². The van der Waals surface area contributed by atoms with Gasteiger partial charge in [0, 0.05) is 42.7 Å². The Balaban J connectivity index is 1.39. The van der Waals surface area contributed by atoms with Gasteiger partial charge in [0.15, 0.2) is 10.6 Å². The minimum Gasteiger partial charge on any atom is -0.350 e. The summed E-state index contributed by atoms with van der Waals surface area (Å²) in [6.07, 6.45) is 1.87. The molecule has 2 heterocycles. The minimum absolute atomic E-state index is 0.127. The highest BCUT2D eigenvalue weighted by Crippen LogP contribution is 2.20. The number of carbonyl (C=O) groups excluding carboxylic acids is 2. The number of amides is 2. The molecule has 0 radical (unpaired) electrons. The number of aromatic amines is 1. The second-order valence-corrected chi connectivity index (χ2v) is 7.68. The molecule has 2 aromatic heterocycles. The first kappa shape index (κ1) is 20.5. The molecule has 0 atom stereocenters. The molecular weight excluding hydrogens is 412 g/mol. The largest absolute Gasteiger partial charge is 0.350 e. The third-order valence-electron chi connectivity index (χ3n) is 5.09. The number of H-pyrrole nitrogens is 1. The maximum atomic E-state index is 12.6. The van der Waals surface area contributed by atoms with E-state index in [0.717, 1.165) is 22.0 Å². The lowest BCUT2D eigenvalue weighted by atomic mass is 10.1. The van der Waals surface area contributed by atoms with Gasteiger partial charge in [-0.3, -0.25) is 30.1 Å². The fourth-order valence-electron chi connectivity index (χ4n) is 3.44. The van der Waals surface area contributed by atoms with E-state index in [1.54, 1.807) is 10.8 Å². The molecule has 0 saturated heterocycles. The highest BCUT2D eigenvalue weighted by Gasteiger charge is 2.15. The molecule has 2 aromatic carbocycles. The predicted octanol–water partition coefficient (Wildman–Crippen LogP) is 3.26. The highest BCUT2D eigenvalue weighted by molar-refractivity contribution is 7.71. The number of fused-ring (bicyclic) bond motifs is 1. The van der Waals surface area contributed by atoms with Gasteiger partial charge in [0.2, 0.25) is 5.91 Å². The van der Waals surface area contributed by atoms with Crippen molar-refractivity contribution in [2.45, 2.75) is 19.9 Å². The molecule has 31 heavy (non-hydrogen) atoms. The number of carbonyl (C=O) groups is 2. The van der Waals surface area contributed by atoms with Gasteiger partial charge in [-0.05, 0) is 25.2 Å². The highest BCUT2D eigenvalue weighted by atomic mass is 32.1. The van der Waals surface area contributed by atoms with Crippen LogP contribution in [0, 0.1) is 11.7 Å². The Morgan fingerprint density at radius 1 is 1.10 bits per heavy atom. The van der Waals surface area contributed by atoms with Gasteiger partial charge in [0.1, 0.15) is 0 Å². The van der Waals surface area contributed by atoms with E-state index in [1.807, 2.05) is 67.1 Å². The summed E-state index contributed by atoms with van der Waals surface area (Å²) in [6, 6.07) is 15.5.